The Morgan fingerprint density at radius 3 is 2.78 bits per heavy atom. The summed E-state index contributed by atoms with van der Waals surface area (Å²) in [6, 6.07) is 11.4. The van der Waals surface area contributed by atoms with Crippen LogP contribution in [0.1, 0.15) is 16.3 Å². The summed E-state index contributed by atoms with van der Waals surface area (Å²) in [5.74, 6) is 0.242. The minimum atomic E-state index is -0.159. The van der Waals surface area contributed by atoms with Crippen molar-refractivity contribution in [1.29, 1.82) is 0 Å². The molecule has 0 radical (unpaired) electrons. The minimum absolute atomic E-state index is 0.159. The van der Waals surface area contributed by atoms with E-state index in [1.54, 1.807) is 30.1 Å². The number of rotatable bonds is 2. The molecule has 4 nitrogen and oxygen atoms in total. The second-order valence-electron chi connectivity index (χ2n) is 4.08. The largest absolute Gasteiger partial charge is 0.331 e. The Balaban J connectivity index is 2.10. The molecule has 0 saturated heterocycles. The molecular weight excluding hydrogens is 226 g/mol. The highest BCUT2D eigenvalue weighted by Gasteiger charge is 2.15. The molecule has 3 aromatic rings. The van der Waals surface area contributed by atoms with E-state index in [-0.39, 0.29) is 5.78 Å². The highest BCUT2D eigenvalue weighted by molar-refractivity contribution is 6.06. The quantitative estimate of drug-likeness (QED) is 0.642. The highest BCUT2D eigenvalue weighted by Crippen LogP contribution is 2.13. The number of aryl methyl sites for hydroxylation is 1. The third kappa shape index (κ3) is 1.68. The number of benzene rings is 1. The van der Waals surface area contributed by atoms with Crippen molar-refractivity contribution in [3.63, 3.8) is 0 Å². The van der Waals surface area contributed by atoms with Crippen LogP contribution in [0.25, 0.3) is 10.9 Å². The van der Waals surface area contributed by atoms with Gasteiger partial charge in [0.2, 0.25) is 5.78 Å². The molecule has 3 rings (SSSR count). The SMILES string of the molecule is Cn1ccnc1C(=O)c1ccc2ccccc2n1. The van der Waals surface area contributed by atoms with Gasteiger partial charge in [-0.15, -0.1) is 0 Å². The normalized spacial score (nSPS) is 10.7. The van der Waals surface area contributed by atoms with Crippen LogP contribution in [0.15, 0.2) is 48.8 Å². The number of aromatic nitrogens is 3. The van der Waals surface area contributed by atoms with Crippen LogP contribution in [0, 0.1) is 0 Å². The lowest BCUT2D eigenvalue weighted by Gasteiger charge is -2.02. The summed E-state index contributed by atoms with van der Waals surface area (Å²) in [5.41, 5.74) is 1.24. The van der Waals surface area contributed by atoms with Crippen LogP contribution in [0.2, 0.25) is 0 Å². The molecule has 2 heterocycles. The standard InChI is InChI=1S/C14H11N3O/c1-17-9-8-15-14(17)13(18)12-7-6-10-4-2-3-5-11(10)16-12/h2-9H,1H3. The maximum absolute atomic E-state index is 12.2. The molecule has 0 aliphatic heterocycles. The lowest BCUT2D eigenvalue weighted by molar-refractivity contribution is 0.102. The van der Waals surface area contributed by atoms with Gasteiger partial charge in [0.1, 0.15) is 5.69 Å². The third-order valence-electron chi connectivity index (χ3n) is 2.86. The number of carbonyl (C=O) groups excluding carboxylic acids is 1. The summed E-state index contributed by atoms with van der Waals surface area (Å²) in [7, 11) is 1.79. The van der Waals surface area contributed by atoms with Crippen molar-refractivity contribution in [1.82, 2.24) is 14.5 Å². The van der Waals surface area contributed by atoms with E-state index in [0.717, 1.165) is 10.9 Å². The average molecular weight is 237 g/mol. The van der Waals surface area contributed by atoms with E-state index in [1.165, 1.54) is 0 Å². The van der Waals surface area contributed by atoms with E-state index in [1.807, 2.05) is 30.3 Å². The van der Waals surface area contributed by atoms with E-state index < -0.39 is 0 Å². The molecule has 0 bridgehead atoms. The number of fused-ring (bicyclic) bond motifs is 1. The summed E-state index contributed by atoms with van der Waals surface area (Å²) in [6.45, 7) is 0. The van der Waals surface area contributed by atoms with Crippen molar-refractivity contribution in [2.75, 3.05) is 0 Å². The van der Waals surface area contributed by atoms with Gasteiger partial charge in [-0.1, -0.05) is 24.3 Å². The Morgan fingerprint density at radius 2 is 2.00 bits per heavy atom. The smallest absolute Gasteiger partial charge is 0.246 e. The molecule has 0 N–H and O–H groups in total. The van der Waals surface area contributed by atoms with Gasteiger partial charge in [0, 0.05) is 24.8 Å². The number of pyridine rings is 1. The third-order valence-corrected chi connectivity index (χ3v) is 2.86. The minimum Gasteiger partial charge on any atom is -0.331 e. The molecular formula is C14H11N3O. The Morgan fingerprint density at radius 1 is 1.17 bits per heavy atom. The molecule has 0 fully saturated rings. The number of hydrogen-bond donors (Lipinski definition) is 0. The Labute approximate surface area is 104 Å². The second kappa shape index (κ2) is 4.07. The van der Waals surface area contributed by atoms with Gasteiger partial charge in [-0.05, 0) is 12.1 Å². The first-order chi connectivity index (χ1) is 8.75. The van der Waals surface area contributed by atoms with Crippen molar-refractivity contribution in [2.24, 2.45) is 7.05 Å². The fraction of sp³-hybridized carbons (Fsp3) is 0.0714. The molecule has 0 spiro atoms. The van der Waals surface area contributed by atoms with Crippen molar-refractivity contribution < 1.29 is 4.79 Å². The summed E-state index contributed by atoms with van der Waals surface area (Å²) in [5, 5.41) is 1.02. The van der Waals surface area contributed by atoms with Crippen LogP contribution in [0.3, 0.4) is 0 Å². The van der Waals surface area contributed by atoms with Crippen LogP contribution >= 0.6 is 0 Å². The molecule has 0 aliphatic carbocycles. The fourth-order valence-electron chi connectivity index (χ4n) is 1.89. The molecule has 0 aliphatic rings. The molecule has 0 amide bonds. The predicted octanol–water partition coefficient (Wildman–Crippen LogP) is 2.20. The monoisotopic (exact) mass is 237 g/mol. The number of imidazole rings is 1. The maximum Gasteiger partial charge on any atom is 0.246 e. The van der Waals surface area contributed by atoms with Gasteiger partial charge in [0.05, 0.1) is 5.52 Å². The van der Waals surface area contributed by atoms with Crippen LogP contribution in [-0.4, -0.2) is 20.3 Å². The zero-order valence-electron chi connectivity index (χ0n) is 9.87. The molecule has 0 unspecified atom stereocenters. The maximum atomic E-state index is 12.2. The Kier molecular flexibility index (Phi) is 2.41. The van der Waals surface area contributed by atoms with Gasteiger partial charge < -0.3 is 4.57 Å². The molecule has 1 aromatic carbocycles. The van der Waals surface area contributed by atoms with Gasteiger partial charge in [0.25, 0.3) is 0 Å². The van der Waals surface area contributed by atoms with Gasteiger partial charge >= 0.3 is 0 Å². The van der Waals surface area contributed by atoms with E-state index in [2.05, 4.69) is 9.97 Å². The number of para-hydroxylation sites is 1. The lowest BCUT2D eigenvalue weighted by Crippen LogP contribution is -2.10. The van der Waals surface area contributed by atoms with Crippen molar-refractivity contribution in [2.45, 2.75) is 0 Å². The zero-order valence-corrected chi connectivity index (χ0v) is 9.87. The first-order valence-corrected chi connectivity index (χ1v) is 5.63. The molecule has 4 heteroatoms. The number of carbonyl (C=O) groups is 1. The lowest BCUT2D eigenvalue weighted by atomic mass is 10.1. The van der Waals surface area contributed by atoms with Gasteiger partial charge in [0.15, 0.2) is 5.82 Å². The fourth-order valence-corrected chi connectivity index (χ4v) is 1.89. The van der Waals surface area contributed by atoms with E-state index in [9.17, 15) is 4.79 Å². The Bertz CT molecular complexity index is 730. The van der Waals surface area contributed by atoms with Crippen molar-refractivity contribution >= 4 is 16.7 Å². The van der Waals surface area contributed by atoms with Crippen LogP contribution in [-0.2, 0) is 7.05 Å². The van der Waals surface area contributed by atoms with Gasteiger partial charge in [-0.2, -0.15) is 0 Å². The van der Waals surface area contributed by atoms with E-state index in [0.29, 0.717) is 11.5 Å². The average Bonchev–Trinajstić information content (AvgIpc) is 2.83. The summed E-state index contributed by atoms with van der Waals surface area (Å²) >= 11 is 0. The Hall–Kier alpha value is -2.49. The molecule has 0 atom stereocenters. The first-order valence-electron chi connectivity index (χ1n) is 5.63. The predicted molar refractivity (Wildman–Crippen MR) is 68.4 cm³/mol. The van der Waals surface area contributed by atoms with Crippen LogP contribution in [0.5, 0.6) is 0 Å². The topological polar surface area (TPSA) is 47.8 Å². The van der Waals surface area contributed by atoms with E-state index in [4.69, 9.17) is 0 Å². The van der Waals surface area contributed by atoms with E-state index >= 15 is 0 Å². The second-order valence-corrected chi connectivity index (χ2v) is 4.08. The van der Waals surface area contributed by atoms with Crippen molar-refractivity contribution in [3.05, 3.63) is 60.3 Å². The molecule has 2 aromatic heterocycles. The summed E-state index contributed by atoms with van der Waals surface area (Å²) in [4.78, 5) is 20.6. The van der Waals surface area contributed by atoms with Gasteiger partial charge in [-0.25, -0.2) is 9.97 Å². The van der Waals surface area contributed by atoms with Crippen LogP contribution < -0.4 is 0 Å². The number of hydrogen-bond acceptors (Lipinski definition) is 3. The van der Waals surface area contributed by atoms with Crippen molar-refractivity contribution in [3.8, 4) is 0 Å². The summed E-state index contributed by atoms with van der Waals surface area (Å²) < 4.78 is 1.69. The summed E-state index contributed by atoms with van der Waals surface area (Å²) in [6.07, 6.45) is 3.35. The van der Waals surface area contributed by atoms with Crippen LogP contribution in [0.4, 0.5) is 0 Å². The molecule has 18 heavy (non-hydrogen) atoms. The highest BCUT2D eigenvalue weighted by atomic mass is 16.1. The number of nitrogens with zero attached hydrogens (tertiary/aromatic N) is 3. The molecule has 0 saturated carbocycles. The molecule has 88 valence electrons. The zero-order chi connectivity index (χ0) is 12.5. The van der Waals surface area contributed by atoms with Gasteiger partial charge in [-0.3, -0.25) is 4.79 Å². The first kappa shape index (κ1) is 10.7. The number of ketones is 1.